The van der Waals surface area contributed by atoms with Gasteiger partial charge in [0.05, 0.1) is 10.8 Å². The van der Waals surface area contributed by atoms with E-state index in [1.54, 1.807) is 6.08 Å². The highest BCUT2D eigenvalue weighted by atomic mass is 32.2. The van der Waals surface area contributed by atoms with Gasteiger partial charge in [0.25, 0.3) is 0 Å². The van der Waals surface area contributed by atoms with E-state index in [9.17, 15) is 13.2 Å². The largest absolute Gasteiger partial charge is 0.416 e. The fourth-order valence-electron chi connectivity index (χ4n) is 2.35. The Bertz CT molecular complexity index is 950. The smallest absolute Gasteiger partial charge is 0.338 e. The van der Waals surface area contributed by atoms with Gasteiger partial charge in [-0.2, -0.15) is 18.2 Å². The van der Waals surface area contributed by atoms with Gasteiger partial charge in [0.1, 0.15) is 5.82 Å². The molecule has 0 unspecified atom stereocenters. The topological polar surface area (TPSA) is 69.6 Å². The Balaban J connectivity index is 1.81. The molecule has 0 bridgehead atoms. The van der Waals surface area contributed by atoms with Crippen LogP contribution in [-0.2, 0) is 12.7 Å². The van der Waals surface area contributed by atoms with Crippen molar-refractivity contribution in [2.24, 2.45) is 0 Å². The molecule has 0 saturated heterocycles. The third kappa shape index (κ3) is 4.21. The number of hydrogen-bond donors (Lipinski definition) is 0. The maximum Gasteiger partial charge on any atom is 0.416 e. The summed E-state index contributed by atoms with van der Waals surface area (Å²) in [5.41, 5.74) is -0.524. The number of aromatic nitrogens is 5. The molecule has 2 heterocycles. The summed E-state index contributed by atoms with van der Waals surface area (Å²) in [6.07, 6.45) is -2.69. The molecule has 0 N–H and O–H groups in total. The number of aryl methyl sites for hydroxylation is 1. The summed E-state index contributed by atoms with van der Waals surface area (Å²) in [5.74, 6) is 1.14. The second-order valence-corrected chi connectivity index (χ2v) is 7.03. The Morgan fingerprint density at radius 3 is 2.81 bits per heavy atom. The number of alkyl halides is 3. The van der Waals surface area contributed by atoms with Gasteiger partial charge in [-0.1, -0.05) is 35.1 Å². The molecular formula is C17H16F3N5OS. The number of hydrogen-bond acceptors (Lipinski definition) is 6. The van der Waals surface area contributed by atoms with E-state index in [0.717, 1.165) is 18.0 Å². The number of nitrogens with zero attached hydrogens (tertiary/aromatic N) is 5. The minimum absolute atomic E-state index is 0.104. The lowest BCUT2D eigenvalue weighted by molar-refractivity contribution is -0.137. The zero-order valence-corrected chi connectivity index (χ0v) is 15.4. The van der Waals surface area contributed by atoms with Gasteiger partial charge in [-0.15, -0.1) is 16.8 Å². The molecule has 0 amide bonds. The zero-order chi connectivity index (χ0) is 19.6. The lowest BCUT2D eigenvalue weighted by Crippen LogP contribution is -2.04. The van der Waals surface area contributed by atoms with E-state index in [1.165, 1.54) is 23.9 Å². The highest BCUT2D eigenvalue weighted by molar-refractivity contribution is 7.99. The summed E-state index contributed by atoms with van der Waals surface area (Å²) in [7, 11) is 0. The molecule has 142 valence electrons. The summed E-state index contributed by atoms with van der Waals surface area (Å²) < 4.78 is 45.7. The minimum atomic E-state index is -4.43. The molecule has 3 aromatic rings. The molecule has 0 spiro atoms. The van der Waals surface area contributed by atoms with E-state index < -0.39 is 11.7 Å². The highest BCUT2D eigenvalue weighted by Crippen LogP contribution is 2.35. The van der Waals surface area contributed by atoms with E-state index in [4.69, 9.17) is 4.52 Å². The van der Waals surface area contributed by atoms with Gasteiger partial charge in [0, 0.05) is 12.1 Å². The van der Waals surface area contributed by atoms with Crippen LogP contribution in [0.15, 0.2) is 46.6 Å². The molecule has 0 radical (unpaired) electrons. The van der Waals surface area contributed by atoms with Crippen LogP contribution in [0.3, 0.4) is 0 Å². The lowest BCUT2D eigenvalue weighted by Gasteiger charge is -2.08. The normalized spacial score (nSPS) is 12.9. The van der Waals surface area contributed by atoms with Crippen LogP contribution in [0.25, 0.3) is 11.4 Å². The van der Waals surface area contributed by atoms with Crippen LogP contribution in [0.1, 0.15) is 29.5 Å². The summed E-state index contributed by atoms with van der Waals surface area (Å²) >= 11 is 1.37. The molecule has 6 nitrogen and oxygen atoms in total. The summed E-state index contributed by atoms with van der Waals surface area (Å²) in [6, 6.07) is 4.81. The first kappa shape index (κ1) is 19.2. The Kier molecular flexibility index (Phi) is 5.36. The molecule has 0 fully saturated rings. The Hall–Kier alpha value is -2.62. The fourth-order valence-corrected chi connectivity index (χ4v) is 3.28. The zero-order valence-electron chi connectivity index (χ0n) is 14.6. The van der Waals surface area contributed by atoms with E-state index in [2.05, 4.69) is 26.9 Å². The second kappa shape index (κ2) is 7.55. The predicted molar refractivity (Wildman–Crippen MR) is 94.0 cm³/mol. The standard InChI is InChI=1S/C17H16F3N5OS/c1-4-8-25-11(3)22-23-16(25)27-10(2)15-21-14(24-26-15)12-6-5-7-13(9-12)17(18,19)20/h4-7,9-10H,1,8H2,2-3H3/t10-/m1/s1. The first-order valence-corrected chi connectivity index (χ1v) is 8.86. The van der Waals surface area contributed by atoms with Gasteiger partial charge in [0.15, 0.2) is 5.16 Å². The first-order valence-electron chi connectivity index (χ1n) is 7.98. The van der Waals surface area contributed by atoms with Crippen LogP contribution in [0.2, 0.25) is 0 Å². The molecule has 1 aromatic carbocycles. The van der Waals surface area contributed by atoms with Crippen molar-refractivity contribution in [2.75, 3.05) is 0 Å². The molecular weight excluding hydrogens is 379 g/mol. The Morgan fingerprint density at radius 1 is 1.33 bits per heavy atom. The van der Waals surface area contributed by atoms with Gasteiger partial charge in [-0.3, -0.25) is 0 Å². The third-order valence-electron chi connectivity index (χ3n) is 3.73. The van der Waals surface area contributed by atoms with E-state index in [0.29, 0.717) is 17.6 Å². The number of rotatable bonds is 6. The quantitative estimate of drug-likeness (QED) is 0.445. The molecule has 10 heteroatoms. The average molecular weight is 395 g/mol. The van der Waals surface area contributed by atoms with E-state index in [1.807, 2.05) is 18.4 Å². The van der Waals surface area contributed by atoms with Crippen LogP contribution < -0.4 is 0 Å². The number of thioether (sulfide) groups is 1. The summed E-state index contributed by atoms with van der Waals surface area (Å²) in [6.45, 7) is 7.95. The predicted octanol–water partition coefficient (Wildman–Crippen LogP) is 4.69. The number of benzene rings is 1. The van der Waals surface area contributed by atoms with Crippen molar-refractivity contribution >= 4 is 11.8 Å². The molecule has 1 atom stereocenters. The van der Waals surface area contributed by atoms with Crippen molar-refractivity contribution in [1.82, 2.24) is 24.9 Å². The van der Waals surface area contributed by atoms with E-state index in [-0.39, 0.29) is 16.6 Å². The molecule has 3 rings (SSSR count). The van der Waals surface area contributed by atoms with Gasteiger partial charge in [-0.25, -0.2) is 0 Å². The molecule has 0 aliphatic heterocycles. The van der Waals surface area contributed by atoms with Crippen molar-refractivity contribution in [2.45, 2.75) is 37.0 Å². The van der Waals surface area contributed by atoms with Crippen molar-refractivity contribution in [3.63, 3.8) is 0 Å². The van der Waals surface area contributed by atoms with Crippen LogP contribution >= 0.6 is 11.8 Å². The van der Waals surface area contributed by atoms with Crippen LogP contribution in [0.4, 0.5) is 13.2 Å². The van der Waals surface area contributed by atoms with Crippen molar-refractivity contribution < 1.29 is 17.7 Å². The third-order valence-corrected chi connectivity index (χ3v) is 4.80. The molecule has 0 saturated carbocycles. The monoisotopic (exact) mass is 395 g/mol. The fraction of sp³-hybridized carbons (Fsp3) is 0.294. The molecule has 0 aliphatic carbocycles. The van der Waals surface area contributed by atoms with Crippen LogP contribution in [0.5, 0.6) is 0 Å². The summed E-state index contributed by atoms with van der Waals surface area (Å²) in [5, 5.41) is 12.4. The van der Waals surface area contributed by atoms with Gasteiger partial charge in [-0.05, 0) is 26.0 Å². The second-order valence-electron chi connectivity index (χ2n) is 5.72. The highest BCUT2D eigenvalue weighted by Gasteiger charge is 2.31. The average Bonchev–Trinajstić information content (AvgIpc) is 3.24. The van der Waals surface area contributed by atoms with Crippen LogP contribution in [0, 0.1) is 6.92 Å². The number of halogens is 3. The minimum Gasteiger partial charge on any atom is -0.338 e. The maximum absolute atomic E-state index is 12.9. The molecule has 2 aromatic heterocycles. The van der Waals surface area contributed by atoms with E-state index >= 15 is 0 Å². The molecule has 0 aliphatic rings. The maximum atomic E-state index is 12.9. The van der Waals surface area contributed by atoms with Gasteiger partial charge >= 0.3 is 6.18 Å². The lowest BCUT2D eigenvalue weighted by atomic mass is 10.1. The van der Waals surface area contributed by atoms with Gasteiger partial charge in [0.2, 0.25) is 11.7 Å². The SMILES string of the molecule is C=CCn1c(C)nnc1S[C@H](C)c1nc(-c2cccc(C(F)(F)F)c2)no1. The Labute approximate surface area is 157 Å². The number of allylic oxidation sites excluding steroid dienone is 1. The van der Waals surface area contributed by atoms with Crippen molar-refractivity contribution in [3.8, 4) is 11.4 Å². The van der Waals surface area contributed by atoms with Crippen LogP contribution in [-0.4, -0.2) is 24.9 Å². The first-order chi connectivity index (χ1) is 12.8. The van der Waals surface area contributed by atoms with Crippen molar-refractivity contribution in [1.29, 1.82) is 0 Å². The molecule has 27 heavy (non-hydrogen) atoms. The van der Waals surface area contributed by atoms with Crippen molar-refractivity contribution in [3.05, 3.63) is 54.2 Å². The van der Waals surface area contributed by atoms with Gasteiger partial charge < -0.3 is 9.09 Å². The Morgan fingerprint density at radius 2 is 2.11 bits per heavy atom. The summed E-state index contributed by atoms with van der Waals surface area (Å²) in [4.78, 5) is 4.24.